The van der Waals surface area contributed by atoms with E-state index in [-0.39, 0.29) is 11.7 Å². The first kappa shape index (κ1) is 11.8. The molecule has 2 rings (SSSR count). The Morgan fingerprint density at radius 3 is 2.29 bits per heavy atom. The third kappa shape index (κ3) is 2.38. The third-order valence-corrected chi connectivity index (χ3v) is 3.51. The zero-order chi connectivity index (χ0) is 12.4. The SMILES string of the molecule is Cc1ccc(C(=O)[C@H]2CCC[C@@H]2C(=O)O)cc1. The van der Waals surface area contributed by atoms with Gasteiger partial charge in [0.1, 0.15) is 0 Å². The molecule has 1 aromatic rings. The van der Waals surface area contributed by atoms with Crippen LogP contribution in [0.15, 0.2) is 24.3 Å². The highest BCUT2D eigenvalue weighted by Gasteiger charge is 2.37. The van der Waals surface area contributed by atoms with Crippen molar-refractivity contribution in [2.24, 2.45) is 11.8 Å². The van der Waals surface area contributed by atoms with Gasteiger partial charge in [0.25, 0.3) is 0 Å². The van der Waals surface area contributed by atoms with E-state index in [0.717, 1.165) is 12.0 Å². The fraction of sp³-hybridized carbons (Fsp3) is 0.429. The number of Topliss-reactive ketones (excluding diaryl/α,β-unsaturated/α-hetero) is 1. The van der Waals surface area contributed by atoms with Gasteiger partial charge in [-0.25, -0.2) is 0 Å². The van der Waals surface area contributed by atoms with Crippen LogP contribution in [0.25, 0.3) is 0 Å². The highest BCUT2D eigenvalue weighted by Crippen LogP contribution is 2.34. The maximum absolute atomic E-state index is 12.2. The van der Waals surface area contributed by atoms with Crippen LogP contribution in [0, 0.1) is 18.8 Å². The Morgan fingerprint density at radius 2 is 1.71 bits per heavy atom. The van der Waals surface area contributed by atoms with Crippen molar-refractivity contribution in [2.45, 2.75) is 26.2 Å². The molecule has 0 aromatic heterocycles. The van der Waals surface area contributed by atoms with Crippen LogP contribution >= 0.6 is 0 Å². The molecule has 90 valence electrons. The molecule has 1 aromatic carbocycles. The largest absolute Gasteiger partial charge is 0.481 e. The predicted octanol–water partition coefficient (Wildman–Crippen LogP) is 2.68. The molecular weight excluding hydrogens is 216 g/mol. The number of carboxylic acid groups (broad SMARTS) is 1. The lowest BCUT2D eigenvalue weighted by Crippen LogP contribution is -2.25. The van der Waals surface area contributed by atoms with Crippen molar-refractivity contribution in [1.29, 1.82) is 0 Å². The Kier molecular flexibility index (Phi) is 3.27. The quantitative estimate of drug-likeness (QED) is 0.815. The van der Waals surface area contributed by atoms with Gasteiger partial charge in [-0.05, 0) is 19.8 Å². The molecule has 1 aliphatic rings. The molecular formula is C14H16O3. The van der Waals surface area contributed by atoms with Crippen molar-refractivity contribution >= 4 is 11.8 Å². The van der Waals surface area contributed by atoms with Gasteiger partial charge in [-0.2, -0.15) is 0 Å². The number of aliphatic carboxylic acids is 1. The minimum atomic E-state index is -0.840. The van der Waals surface area contributed by atoms with Crippen LogP contribution in [0.2, 0.25) is 0 Å². The summed E-state index contributed by atoms with van der Waals surface area (Å²) < 4.78 is 0. The minimum absolute atomic E-state index is 0.0186. The molecule has 17 heavy (non-hydrogen) atoms. The summed E-state index contributed by atoms with van der Waals surface area (Å²) in [6.07, 6.45) is 2.15. The molecule has 0 spiro atoms. The van der Waals surface area contributed by atoms with E-state index in [1.807, 2.05) is 19.1 Å². The van der Waals surface area contributed by atoms with E-state index in [4.69, 9.17) is 5.11 Å². The Morgan fingerprint density at radius 1 is 1.12 bits per heavy atom. The Hall–Kier alpha value is -1.64. The number of aryl methyl sites for hydroxylation is 1. The Labute approximate surface area is 100 Å². The topological polar surface area (TPSA) is 54.4 Å². The summed E-state index contributed by atoms with van der Waals surface area (Å²) in [7, 11) is 0. The van der Waals surface area contributed by atoms with Crippen LogP contribution < -0.4 is 0 Å². The van der Waals surface area contributed by atoms with Crippen LogP contribution in [0.5, 0.6) is 0 Å². The molecule has 0 bridgehead atoms. The lowest BCUT2D eigenvalue weighted by Gasteiger charge is -2.14. The molecule has 1 saturated carbocycles. The van der Waals surface area contributed by atoms with E-state index in [1.165, 1.54) is 0 Å². The van der Waals surface area contributed by atoms with Crippen molar-refractivity contribution in [3.63, 3.8) is 0 Å². The second kappa shape index (κ2) is 4.70. The summed E-state index contributed by atoms with van der Waals surface area (Å²) in [5.74, 6) is -1.69. The number of carbonyl (C=O) groups is 2. The number of rotatable bonds is 3. The van der Waals surface area contributed by atoms with Crippen LogP contribution in [0.3, 0.4) is 0 Å². The fourth-order valence-corrected chi connectivity index (χ4v) is 2.50. The van der Waals surface area contributed by atoms with Gasteiger partial charge in [-0.1, -0.05) is 36.2 Å². The highest BCUT2D eigenvalue weighted by atomic mass is 16.4. The number of carboxylic acids is 1. The standard InChI is InChI=1S/C14H16O3/c1-9-5-7-10(8-6-9)13(15)11-3-2-4-12(11)14(16)17/h5-8,11-12H,2-4H2,1H3,(H,16,17)/t11-,12-/m0/s1. The zero-order valence-electron chi connectivity index (χ0n) is 9.85. The molecule has 1 aliphatic carbocycles. The molecule has 0 unspecified atom stereocenters. The summed E-state index contributed by atoms with van der Waals surface area (Å²) >= 11 is 0. The molecule has 3 heteroatoms. The summed E-state index contributed by atoms with van der Waals surface area (Å²) in [6, 6.07) is 7.35. The molecule has 0 heterocycles. The van der Waals surface area contributed by atoms with Crippen LogP contribution in [0.4, 0.5) is 0 Å². The van der Waals surface area contributed by atoms with Crippen molar-refractivity contribution in [3.05, 3.63) is 35.4 Å². The van der Waals surface area contributed by atoms with Crippen molar-refractivity contribution in [2.75, 3.05) is 0 Å². The molecule has 0 radical (unpaired) electrons. The number of carbonyl (C=O) groups excluding carboxylic acids is 1. The molecule has 0 aliphatic heterocycles. The first-order valence-electron chi connectivity index (χ1n) is 5.93. The summed E-state index contributed by atoms with van der Waals surface area (Å²) in [5.41, 5.74) is 1.73. The van der Waals surface area contributed by atoms with Gasteiger partial charge in [-0.3, -0.25) is 9.59 Å². The van der Waals surface area contributed by atoms with Crippen LogP contribution in [-0.2, 0) is 4.79 Å². The van der Waals surface area contributed by atoms with Crippen molar-refractivity contribution < 1.29 is 14.7 Å². The van der Waals surface area contributed by atoms with Crippen LogP contribution in [-0.4, -0.2) is 16.9 Å². The summed E-state index contributed by atoms with van der Waals surface area (Å²) in [5, 5.41) is 9.07. The number of ketones is 1. The first-order valence-corrected chi connectivity index (χ1v) is 5.93. The average molecular weight is 232 g/mol. The van der Waals surface area contributed by atoms with E-state index in [2.05, 4.69) is 0 Å². The van der Waals surface area contributed by atoms with Crippen LogP contribution in [0.1, 0.15) is 35.2 Å². The second-order valence-electron chi connectivity index (χ2n) is 4.71. The van der Waals surface area contributed by atoms with E-state index < -0.39 is 11.9 Å². The monoisotopic (exact) mass is 232 g/mol. The predicted molar refractivity (Wildman–Crippen MR) is 64.0 cm³/mol. The fourth-order valence-electron chi connectivity index (χ4n) is 2.50. The van der Waals surface area contributed by atoms with E-state index in [1.54, 1.807) is 12.1 Å². The molecule has 1 N–H and O–H groups in total. The van der Waals surface area contributed by atoms with Crippen molar-refractivity contribution in [3.8, 4) is 0 Å². The van der Waals surface area contributed by atoms with E-state index in [0.29, 0.717) is 18.4 Å². The van der Waals surface area contributed by atoms with Crippen molar-refractivity contribution in [1.82, 2.24) is 0 Å². The van der Waals surface area contributed by atoms with E-state index >= 15 is 0 Å². The number of hydrogen-bond donors (Lipinski definition) is 1. The van der Waals surface area contributed by atoms with Gasteiger partial charge in [0, 0.05) is 11.5 Å². The number of benzene rings is 1. The van der Waals surface area contributed by atoms with Gasteiger partial charge in [0.2, 0.25) is 0 Å². The zero-order valence-corrected chi connectivity index (χ0v) is 9.85. The second-order valence-corrected chi connectivity index (χ2v) is 4.71. The molecule has 1 fully saturated rings. The summed E-state index contributed by atoms with van der Waals surface area (Å²) in [4.78, 5) is 23.3. The Balaban J connectivity index is 2.19. The van der Waals surface area contributed by atoms with Gasteiger partial charge in [-0.15, -0.1) is 0 Å². The smallest absolute Gasteiger partial charge is 0.307 e. The average Bonchev–Trinajstić information content (AvgIpc) is 2.78. The van der Waals surface area contributed by atoms with E-state index in [9.17, 15) is 9.59 Å². The molecule has 2 atom stereocenters. The molecule has 0 amide bonds. The lowest BCUT2D eigenvalue weighted by atomic mass is 9.88. The number of hydrogen-bond acceptors (Lipinski definition) is 2. The molecule has 0 saturated heterocycles. The molecule has 3 nitrogen and oxygen atoms in total. The summed E-state index contributed by atoms with van der Waals surface area (Å²) in [6.45, 7) is 1.96. The van der Waals surface area contributed by atoms with Gasteiger partial charge in [0.05, 0.1) is 5.92 Å². The lowest BCUT2D eigenvalue weighted by molar-refractivity contribution is -0.142. The normalized spacial score (nSPS) is 23.6. The highest BCUT2D eigenvalue weighted by molar-refractivity contribution is 6.00. The Bertz CT molecular complexity index is 433. The maximum atomic E-state index is 12.2. The first-order chi connectivity index (χ1) is 8.09. The van der Waals surface area contributed by atoms with Gasteiger partial charge in [0.15, 0.2) is 5.78 Å². The maximum Gasteiger partial charge on any atom is 0.307 e. The van der Waals surface area contributed by atoms with Gasteiger partial charge >= 0.3 is 5.97 Å². The van der Waals surface area contributed by atoms with Gasteiger partial charge < -0.3 is 5.11 Å². The third-order valence-electron chi connectivity index (χ3n) is 3.51. The minimum Gasteiger partial charge on any atom is -0.481 e.